The van der Waals surface area contributed by atoms with Crippen molar-refractivity contribution in [1.29, 1.82) is 0 Å². The first-order valence-corrected chi connectivity index (χ1v) is 9.70. The van der Waals surface area contributed by atoms with Gasteiger partial charge in [0.25, 0.3) is 0 Å². The lowest BCUT2D eigenvalue weighted by Crippen LogP contribution is -2.32. The molecule has 0 spiro atoms. The molecule has 1 aliphatic heterocycles. The molecule has 3 atom stereocenters. The zero-order valence-corrected chi connectivity index (χ0v) is 15.6. The van der Waals surface area contributed by atoms with Crippen LogP contribution in [0.3, 0.4) is 0 Å². The van der Waals surface area contributed by atoms with E-state index in [2.05, 4.69) is 9.88 Å². The second-order valence-electron chi connectivity index (χ2n) is 7.97. The summed E-state index contributed by atoms with van der Waals surface area (Å²) in [5.74, 6) is 1.38. The Hall–Kier alpha value is -1.62. The van der Waals surface area contributed by atoms with E-state index in [0.717, 1.165) is 55.2 Å². The zero-order valence-electron chi connectivity index (χ0n) is 14.8. The number of aromatic hydroxyl groups is 1. The standard InChI is InChI=1S/C21H25ClN2O2/c22-18-3-1-15(2-4-18)9-21(26)10-16-13-24(14-17(16)11-21)8-7-19-5-6-20(25)12-23-19/h1-6,12,16-17,25-26H,7-11,13-14H2/t16-,17+,21?. The number of halogens is 1. The fourth-order valence-corrected chi connectivity index (χ4v) is 4.83. The number of rotatable bonds is 5. The highest BCUT2D eigenvalue weighted by Crippen LogP contribution is 2.45. The average Bonchev–Trinajstić information content (AvgIpc) is 3.11. The van der Waals surface area contributed by atoms with Gasteiger partial charge in [0.1, 0.15) is 5.75 Å². The molecule has 2 aromatic rings. The Morgan fingerprint density at radius 1 is 1.08 bits per heavy atom. The van der Waals surface area contributed by atoms with E-state index in [9.17, 15) is 10.2 Å². The van der Waals surface area contributed by atoms with Gasteiger partial charge in [-0.05, 0) is 54.5 Å². The molecule has 1 unspecified atom stereocenters. The maximum absolute atomic E-state index is 11.1. The lowest BCUT2D eigenvalue weighted by atomic mass is 9.91. The van der Waals surface area contributed by atoms with Crippen molar-refractivity contribution in [2.75, 3.05) is 19.6 Å². The van der Waals surface area contributed by atoms with Gasteiger partial charge in [-0.3, -0.25) is 4.98 Å². The molecule has 4 rings (SSSR count). The lowest BCUT2D eigenvalue weighted by Gasteiger charge is -2.26. The molecular formula is C21H25ClN2O2. The molecule has 0 radical (unpaired) electrons. The van der Waals surface area contributed by atoms with E-state index < -0.39 is 5.60 Å². The Balaban J connectivity index is 1.29. The van der Waals surface area contributed by atoms with Crippen LogP contribution in [0.25, 0.3) is 0 Å². The third kappa shape index (κ3) is 4.03. The summed E-state index contributed by atoms with van der Waals surface area (Å²) in [6, 6.07) is 11.4. The molecule has 2 fully saturated rings. The summed E-state index contributed by atoms with van der Waals surface area (Å²) < 4.78 is 0. The maximum atomic E-state index is 11.1. The molecule has 5 heteroatoms. The smallest absolute Gasteiger partial charge is 0.133 e. The third-order valence-electron chi connectivity index (χ3n) is 5.88. The van der Waals surface area contributed by atoms with Crippen molar-refractivity contribution in [1.82, 2.24) is 9.88 Å². The minimum Gasteiger partial charge on any atom is -0.506 e. The van der Waals surface area contributed by atoms with Crippen molar-refractivity contribution < 1.29 is 10.2 Å². The van der Waals surface area contributed by atoms with Crippen molar-refractivity contribution in [3.8, 4) is 5.75 Å². The molecule has 1 saturated heterocycles. The summed E-state index contributed by atoms with van der Waals surface area (Å²) >= 11 is 5.95. The van der Waals surface area contributed by atoms with Crippen LogP contribution in [0.1, 0.15) is 24.1 Å². The zero-order chi connectivity index (χ0) is 18.1. The van der Waals surface area contributed by atoms with E-state index in [-0.39, 0.29) is 5.75 Å². The first kappa shape index (κ1) is 17.8. The summed E-state index contributed by atoms with van der Waals surface area (Å²) in [5.41, 5.74) is 1.60. The summed E-state index contributed by atoms with van der Waals surface area (Å²) in [5, 5.41) is 21.1. The van der Waals surface area contributed by atoms with Crippen LogP contribution in [0.2, 0.25) is 5.02 Å². The second-order valence-corrected chi connectivity index (χ2v) is 8.41. The number of fused-ring (bicyclic) bond motifs is 1. The number of likely N-dealkylation sites (tertiary alicyclic amines) is 1. The predicted molar refractivity (Wildman–Crippen MR) is 102 cm³/mol. The quantitative estimate of drug-likeness (QED) is 0.845. The minimum absolute atomic E-state index is 0.212. The first-order chi connectivity index (χ1) is 12.5. The van der Waals surface area contributed by atoms with Gasteiger partial charge in [-0.1, -0.05) is 23.7 Å². The van der Waals surface area contributed by atoms with Gasteiger partial charge in [0.2, 0.25) is 0 Å². The van der Waals surface area contributed by atoms with E-state index in [1.165, 1.54) is 6.20 Å². The monoisotopic (exact) mass is 372 g/mol. The molecule has 2 aliphatic rings. The number of aliphatic hydroxyl groups is 1. The van der Waals surface area contributed by atoms with Gasteiger partial charge < -0.3 is 15.1 Å². The van der Waals surface area contributed by atoms with Crippen molar-refractivity contribution in [2.45, 2.75) is 31.3 Å². The van der Waals surface area contributed by atoms with Crippen LogP contribution in [0.4, 0.5) is 0 Å². The summed E-state index contributed by atoms with van der Waals surface area (Å²) in [4.78, 5) is 6.75. The second kappa shape index (κ2) is 7.18. The van der Waals surface area contributed by atoms with Crippen molar-refractivity contribution in [2.24, 2.45) is 11.8 Å². The lowest BCUT2D eigenvalue weighted by molar-refractivity contribution is 0.0355. The van der Waals surface area contributed by atoms with Crippen LogP contribution >= 0.6 is 11.6 Å². The Morgan fingerprint density at radius 3 is 2.38 bits per heavy atom. The highest BCUT2D eigenvalue weighted by molar-refractivity contribution is 6.30. The van der Waals surface area contributed by atoms with Gasteiger partial charge in [0.05, 0.1) is 11.8 Å². The third-order valence-corrected chi connectivity index (χ3v) is 6.13. The molecule has 1 aromatic heterocycles. The highest BCUT2D eigenvalue weighted by atomic mass is 35.5. The van der Waals surface area contributed by atoms with Crippen molar-refractivity contribution >= 4 is 11.6 Å². The fourth-order valence-electron chi connectivity index (χ4n) is 4.70. The average molecular weight is 373 g/mol. The minimum atomic E-state index is -0.576. The number of benzene rings is 1. The maximum Gasteiger partial charge on any atom is 0.133 e. The Bertz CT molecular complexity index is 734. The molecule has 26 heavy (non-hydrogen) atoms. The van der Waals surface area contributed by atoms with Gasteiger partial charge in [-0.2, -0.15) is 0 Å². The summed E-state index contributed by atoms with van der Waals surface area (Å²) in [6.45, 7) is 3.11. The number of nitrogens with zero attached hydrogens (tertiary/aromatic N) is 2. The molecular weight excluding hydrogens is 348 g/mol. The van der Waals surface area contributed by atoms with Crippen LogP contribution < -0.4 is 0 Å². The largest absolute Gasteiger partial charge is 0.506 e. The van der Waals surface area contributed by atoms with Gasteiger partial charge in [-0.15, -0.1) is 0 Å². The van der Waals surface area contributed by atoms with Crippen LogP contribution in [0.15, 0.2) is 42.6 Å². The Morgan fingerprint density at radius 2 is 1.77 bits per heavy atom. The van der Waals surface area contributed by atoms with Crippen molar-refractivity contribution in [3.05, 3.63) is 58.9 Å². The number of hydrogen-bond acceptors (Lipinski definition) is 4. The van der Waals surface area contributed by atoms with Crippen LogP contribution in [0, 0.1) is 11.8 Å². The van der Waals surface area contributed by atoms with Gasteiger partial charge in [0, 0.05) is 43.2 Å². The Kier molecular flexibility index (Phi) is 4.91. The number of aromatic nitrogens is 1. The van der Waals surface area contributed by atoms with Gasteiger partial charge in [0.15, 0.2) is 0 Å². The van der Waals surface area contributed by atoms with Gasteiger partial charge in [-0.25, -0.2) is 0 Å². The molecule has 0 amide bonds. The highest BCUT2D eigenvalue weighted by Gasteiger charge is 2.47. The fraction of sp³-hybridized carbons (Fsp3) is 0.476. The van der Waals surface area contributed by atoms with E-state index in [1.54, 1.807) is 6.07 Å². The molecule has 1 aliphatic carbocycles. The van der Waals surface area contributed by atoms with E-state index in [0.29, 0.717) is 18.3 Å². The SMILES string of the molecule is Oc1ccc(CCN2C[C@@H]3CC(O)(Cc4ccc(Cl)cc4)C[C@@H]3C2)nc1. The predicted octanol–water partition coefficient (Wildman–Crippen LogP) is 3.30. The van der Waals surface area contributed by atoms with Crippen LogP contribution in [-0.4, -0.2) is 45.3 Å². The summed E-state index contributed by atoms with van der Waals surface area (Å²) in [6.07, 6.45) is 4.89. The molecule has 2 N–H and O–H groups in total. The van der Waals surface area contributed by atoms with E-state index >= 15 is 0 Å². The molecule has 0 bridgehead atoms. The van der Waals surface area contributed by atoms with E-state index in [1.807, 2.05) is 30.3 Å². The topological polar surface area (TPSA) is 56.6 Å². The van der Waals surface area contributed by atoms with Crippen LogP contribution in [0.5, 0.6) is 5.75 Å². The van der Waals surface area contributed by atoms with Crippen LogP contribution in [-0.2, 0) is 12.8 Å². The van der Waals surface area contributed by atoms with E-state index in [4.69, 9.17) is 11.6 Å². The number of pyridine rings is 1. The summed E-state index contributed by atoms with van der Waals surface area (Å²) in [7, 11) is 0. The first-order valence-electron chi connectivity index (χ1n) is 9.32. The normalized spacial score (nSPS) is 28.4. The Labute approximate surface area is 159 Å². The van der Waals surface area contributed by atoms with Crippen molar-refractivity contribution in [3.63, 3.8) is 0 Å². The molecule has 2 heterocycles. The molecule has 138 valence electrons. The molecule has 1 saturated carbocycles. The number of hydrogen-bond donors (Lipinski definition) is 2. The molecule has 1 aromatic carbocycles. The molecule has 4 nitrogen and oxygen atoms in total. The van der Waals surface area contributed by atoms with Gasteiger partial charge >= 0.3 is 0 Å².